The van der Waals surface area contributed by atoms with E-state index in [0.717, 1.165) is 0 Å². The Kier molecular flexibility index (Phi) is 4.50. The average Bonchev–Trinajstić information content (AvgIpc) is 2.49. The van der Waals surface area contributed by atoms with Crippen LogP contribution in [0, 0.1) is 17.1 Å². The van der Waals surface area contributed by atoms with Crippen LogP contribution in [0.15, 0.2) is 18.2 Å². The van der Waals surface area contributed by atoms with Gasteiger partial charge in [0, 0.05) is 31.7 Å². The molecule has 0 saturated carbocycles. The predicted molar refractivity (Wildman–Crippen MR) is 78.6 cm³/mol. The summed E-state index contributed by atoms with van der Waals surface area (Å²) < 4.78 is 13.1. The SMILES string of the molecule is CC(C)(C#N)N1CCN(C(=O)c2ccc(F)c(Cl)c2)CC1. The van der Waals surface area contributed by atoms with E-state index >= 15 is 0 Å². The van der Waals surface area contributed by atoms with E-state index in [1.54, 1.807) is 4.90 Å². The molecule has 6 heteroatoms. The van der Waals surface area contributed by atoms with Crippen molar-refractivity contribution in [2.24, 2.45) is 0 Å². The maximum absolute atomic E-state index is 13.1. The molecule has 0 N–H and O–H groups in total. The highest BCUT2D eigenvalue weighted by Gasteiger charge is 2.31. The highest BCUT2D eigenvalue weighted by Crippen LogP contribution is 2.20. The number of carbonyl (C=O) groups is 1. The number of benzene rings is 1. The predicted octanol–water partition coefficient (Wildman–Crippen LogP) is 2.54. The van der Waals surface area contributed by atoms with Crippen molar-refractivity contribution in [3.63, 3.8) is 0 Å². The number of hydrogen-bond acceptors (Lipinski definition) is 3. The first-order valence-electron chi connectivity index (χ1n) is 6.76. The molecule has 1 saturated heterocycles. The largest absolute Gasteiger partial charge is 0.336 e. The van der Waals surface area contributed by atoms with E-state index in [4.69, 9.17) is 16.9 Å². The summed E-state index contributed by atoms with van der Waals surface area (Å²) in [7, 11) is 0. The fraction of sp³-hybridized carbons (Fsp3) is 0.467. The first-order valence-corrected chi connectivity index (χ1v) is 7.13. The van der Waals surface area contributed by atoms with Gasteiger partial charge in [-0.3, -0.25) is 9.69 Å². The molecule has 1 aliphatic heterocycles. The summed E-state index contributed by atoms with van der Waals surface area (Å²) in [4.78, 5) is 16.1. The molecule has 0 aromatic heterocycles. The molecule has 0 unspecified atom stereocenters. The van der Waals surface area contributed by atoms with Crippen LogP contribution in [-0.2, 0) is 0 Å². The summed E-state index contributed by atoms with van der Waals surface area (Å²) in [5, 5.41) is 9.08. The molecule has 1 aromatic carbocycles. The number of amides is 1. The number of piperazine rings is 1. The molecule has 0 bridgehead atoms. The van der Waals surface area contributed by atoms with E-state index in [1.807, 2.05) is 13.8 Å². The molecular weight excluding hydrogens is 293 g/mol. The van der Waals surface area contributed by atoms with Crippen LogP contribution in [0.1, 0.15) is 24.2 Å². The molecule has 1 fully saturated rings. The molecule has 1 aliphatic rings. The van der Waals surface area contributed by atoms with Gasteiger partial charge in [0.15, 0.2) is 0 Å². The van der Waals surface area contributed by atoms with E-state index in [1.165, 1.54) is 18.2 Å². The second-order valence-corrected chi connectivity index (χ2v) is 5.99. The molecule has 1 aromatic rings. The lowest BCUT2D eigenvalue weighted by Crippen LogP contribution is -2.55. The van der Waals surface area contributed by atoms with Crippen molar-refractivity contribution in [3.8, 4) is 6.07 Å². The van der Waals surface area contributed by atoms with Gasteiger partial charge in [-0.15, -0.1) is 0 Å². The molecule has 112 valence electrons. The summed E-state index contributed by atoms with van der Waals surface area (Å²) in [6, 6.07) is 6.25. The summed E-state index contributed by atoms with van der Waals surface area (Å²) in [5.41, 5.74) is -0.150. The van der Waals surface area contributed by atoms with Crippen LogP contribution in [0.3, 0.4) is 0 Å². The number of halogens is 2. The third-order valence-corrected chi connectivity index (χ3v) is 4.09. The summed E-state index contributed by atoms with van der Waals surface area (Å²) in [6.07, 6.45) is 0. The number of rotatable bonds is 2. The minimum Gasteiger partial charge on any atom is -0.336 e. The zero-order valence-electron chi connectivity index (χ0n) is 12.1. The zero-order chi connectivity index (χ0) is 15.6. The fourth-order valence-electron chi connectivity index (χ4n) is 2.35. The molecule has 0 atom stereocenters. The fourth-order valence-corrected chi connectivity index (χ4v) is 2.53. The minimum atomic E-state index is -0.534. The molecule has 1 amide bonds. The first kappa shape index (κ1) is 15.7. The Morgan fingerprint density at radius 3 is 2.48 bits per heavy atom. The Balaban J connectivity index is 2.04. The van der Waals surface area contributed by atoms with Gasteiger partial charge in [-0.2, -0.15) is 5.26 Å². The van der Waals surface area contributed by atoms with Crippen molar-refractivity contribution in [1.82, 2.24) is 9.80 Å². The maximum atomic E-state index is 13.1. The normalized spacial score (nSPS) is 16.6. The molecule has 4 nitrogen and oxygen atoms in total. The topological polar surface area (TPSA) is 47.3 Å². The summed E-state index contributed by atoms with van der Waals surface area (Å²) in [6.45, 7) is 6.09. The van der Waals surface area contributed by atoms with Crippen LogP contribution in [-0.4, -0.2) is 47.4 Å². The van der Waals surface area contributed by atoms with Gasteiger partial charge in [-0.25, -0.2) is 4.39 Å². The molecule has 0 spiro atoms. The second kappa shape index (κ2) is 6.00. The van der Waals surface area contributed by atoms with E-state index < -0.39 is 11.4 Å². The Bertz CT molecular complexity index is 589. The van der Waals surface area contributed by atoms with E-state index in [-0.39, 0.29) is 10.9 Å². The van der Waals surface area contributed by atoms with Crippen LogP contribution >= 0.6 is 11.6 Å². The van der Waals surface area contributed by atoms with E-state index in [9.17, 15) is 9.18 Å². The van der Waals surface area contributed by atoms with Crippen molar-refractivity contribution >= 4 is 17.5 Å². The Labute approximate surface area is 128 Å². The van der Waals surface area contributed by atoms with Gasteiger partial charge >= 0.3 is 0 Å². The Morgan fingerprint density at radius 2 is 1.95 bits per heavy atom. The van der Waals surface area contributed by atoms with Gasteiger partial charge < -0.3 is 4.90 Å². The molecule has 0 aliphatic carbocycles. The Hall–Kier alpha value is -1.64. The van der Waals surface area contributed by atoms with Crippen molar-refractivity contribution in [3.05, 3.63) is 34.6 Å². The van der Waals surface area contributed by atoms with Gasteiger partial charge in [-0.05, 0) is 32.0 Å². The summed E-state index contributed by atoms with van der Waals surface area (Å²) >= 11 is 5.71. The summed E-state index contributed by atoms with van der Waals surface area (Å²) in [5.74, 6) is -0.694. The highest BCUT2D eigenvalue weighted by atomic mass is 35.5. The third-order valence-electron chi connectivity index (χ3n) is 3.80. The number of nitriles is 1. The molecular formula is C15H17ClFN3O. The van der Waals surface area contributed by atoms with Crippen LogP contribution in [0.4, 0.5) is 4.39 Å². The monoisotopic (exact) mass is 309 g/mol. The lowest BCUT2D eigenvalue weighted by Gasteiger charge is -2.40. The van der Waals surface area contributed by atoms with Gasteiger partial charge in [0.05, 0.1) is 11.1 Å². The van der Waals surface area contributed by atoms with Crippen LogP contribution in [0.2, 0.25) is 5.02 Å². The lowest BCUT2D eigenvalue weighted by atomic mass is 10.0. The quantitative estimate of drug-likeness (QED) is 0.843. The molecule has 1 heterocycles. The van der Waals surface area contributed by atoms with Gasteiger partial charge in [0.1, 0.15) is 11.4 Å². The number of nitrogens with zero attached hydrogens (tertiary/aromatic N) is 3. The van der Waals surface area contributed by atoms with Gasteiger partial charge in [-0.1, -0.05) is 11.6 Å². The molecule has 0 radical (unpaired) electrons. The van der Waals surface area contributed by atoms with Crippen molar-refractivity contribution in [2.45, 2.75) is 19.4 Å². The van der Waals surface area contributed by atoms with Crippen LogP contribution in [0.5, 0.6) is 0 Å². The third kappa shape index (κ3) is 3.34. The highest BCUT2D eigenvalue weighted by molar-refractivity contribution is 6.31. The van der Waals surface area contributed by atoms with Crippen LogP contribution in [0.25, 0.3) is 0 Å². The average molecular weight is 310 g/mol. The molecule has 2 rings (SSSR count). The zero-order valence-corrected chi connectivity index (χ0v) is 12.8. The first-order chi connectivity index (χ1) is 9.85. The van der Waals surface area contributed by atoms with Crippen molar-refractivity contribution in [1.29, 1.82) is 5.26 Å². The van der Waals surface area contributed by atoms with Gasteiger partial charge in [0.2, 0.25) is 0 Å². The van der Waals surface area contributed by atoms with E-state index in [0.29, 0.717) is 31.7 Å². The van der Waals surface area contributed by atoms with Crippen LogP contribution < -0.4 is 0 Å². The number of carbonyl (C=O) groups excluding carboxylic acids is 1. The minimum absolute atomic E-state index is 0.0508. The van der Waals surface area contributed by atoms with Crippen molar-refractivity contribution in [2.75, 3.05) is 26.2 Å². The smallest absolute Gasteiger partial charge is 0.253 e. The van der Waals surface area contributed by atoms with Crippen molar-refractivity contribution < 1.29 is 9.18 Å². The molecule has 21 heavy (non-hydrogen) atoms. The standard InChI is InChI=1S/C15H17ClFN3O/c1-15(2,10-18)20-7-5-19(6-8-20)14(21)11-3-4-13(17)12(16)9-11/h3-4,9H,5-8H2,1-2H3. The second-order valence-electron chi connectivity index (χ2n) is 5.58. The number of hydrogen-bond donors (Lipinski definition) is 0. The maximum Gasteiger partial charge on any atom is 0.253 e. The van der Waals surface area contributed by atoms with E-state index in [2.05, 4.69) is 11.0 Å². The van der Waals surface area contributed by atoms with Gasteiger partial charge in [0.25, 0.3) is 5.91 Å². The Morgan fingerprint density at radius 1 is 1.33 bits per heavy atom. The lowest BCUT2D eigenvalue weighted by molar-refractivity contribution is 0.0521.